The molecule has 2 heterocycles. The number of hydrogen-bond donors (Lipinski definition) is 2. The number of carbonyl (C=O) groups is 1. The zero-order valence-electron chi connectivity index (χ0n) is 15.9. The number of pyridine rings is 1. The van der Waals surface area contributed by atoms with E-state index >= 15 is 0 Å². The number of aromatic nitrogens is 1. The normalized spacial score (nSPS) is 18.9. The van der Waals surface area contributed by atoms with Crippen LogP contribution in [0.4, 0.5) is 5.69 Å². The second-order valence-corrected chi connectivity index (χ2v) is 7.79. The molecule has 1 atom stereocenters. The molecule has 4 rings (SSSR count). The van der Waals surface area contributed by atoms with Gasteiger partial charge in [-0.15, -0.1) is 0 Å². The fourth-order valence-electron chi connectivity index (χ4n) is 4.36. The van der Waals surface area contributed by atoms with Crippen molar-refractivity contribution in [2.75, 3.05) is 18.4 Å². The molecule has 1 aromatic heterocycles. The Labute approximate surface area is 159 Å². The molecule has 1 unspecified atom stereocenters. The maximum Gasteiger partial charge on any atom is 0.263 e. The summed E-state index contributed by atoms with van der Waals surface area (Å²) in [6.45, 7) is 4.47. The van der Waals surface area contributed by atoms with Gasteiger partial charge in [0.2, 0.25) is 0 Å². The number of anilines is 1. The number of aryl methyl sites for hydroxylation is 2. The second-order valence-electron chi connectivity index (χ2n) is 7.79. The Bertz CT molecular complexity index is 910. The fourth-order valence-corrected chi connectivity index (χ4v) is 4.36. The number of piperidine rings is 1. The third kappa shape index (κ3) is 3.69. The van der Waals surface area contributed by atoms with E-state index in [2.05, 4.69) is 16.7 Å². The van der Waals surface area contributed by atoms with Crippen molar-refractivity contribution in [3.8, 4) is 0 Å². The number of rotatable bonds is 4. The molecular formula is C22H27N3O2. The summed E-state index contributed by atoms with van der Waals surface area (Å²) in [5, 5.41) is 6.39. The molecule has 1 amide bonds. The van der Waals surface area contributed by atoms with Gasteiger partial charge in [-0.25, -0.2) is 0 Å². The number of nitrogens with zero attached hydrogens (tertiary/aromatic N) is 1. The van der Waals surface area contributed by atoms with Crippen LogP contribution >= 0.6 is 0 Å². The summed E-state index contributed by atoms with van der Waals surface area (Å²) >= 11 is 0. The minimum atomic E-state index is -0.297. The lowest BCUT2D eigenvalue weighted by molar-refractivity contribution is 0.102. The van der Waals surface area contributed by atoms with Crippen LogP contribution in [0, 0.1) is 12.8 Å². The summed E-state index contributed by atoms with van der Waals surface area (Å²) < 4.78 is 1.70. The molecule has 0 spiro atoms. The predicted molar refractivity (Wildman–Crippen MR) is 107 cm³/mol. The molecule has 0 radical (unpaired) electrons. The van der Waals surface area contributed by atoms with Gasteiger partial charge in [-0.3, -0.25) is 9.59 Å². The number of hydrogen-bond acceptors (Lipinski definition) is 3. The molecule has 5 heteroatoms. The molecule has 2 N–H and O–H groups in total. The Morgan fingerprint density at radius 1 is 1.26 bits per heavy atom. The van der Waals surface area contributed by atoms with Crippen molar-refractivity contribution < 1.29 is 4.79 Å². The van der Waals surface area contributed by atoms with E-state index in [1.807, 2.05) is 31.3 Å². The van der Waals surface area contributed by atoms with Gasteiger partial charge in [-0.1, -0.05) is 12.1 Å². The molecule has 0 saturated carbocycles. The molecular weight excluding hydrogens is 338 g/mol. The minimum absolute atomic E-state index is 0.189. The van der Waals surface area contributed by atoms with E-state index in [1.165, 1.54) is 11.1 Å². The van der Waals surface area contributed by atoms with Crippen LogP contribution < -0.4 is 16.2 Å². The molecule has 0 bridgehead atoms. The lowest BCUT2D eigenvalue weighted by atomic mass is 9.99. The van der Waals surface area contributed by atoms with Crippen LogP contribution in [0.25, 0.3) is 0 Å². The standard InChI is InChI=1S/C22H27N3O2/c1-15-10-12-25(14-16-5-4-11-23-13-16)22(27)20(15)21(26)24-19-9-3-7-17-6-2-8-18(17)19/h3,7,9-10,12,16,23H,2,4-6,8,11,13-14H2,1H3,(H,24,26). The number of nitrogens with one attached hydrogen (secondary N) is 2. The Kier molecular flexibility index (Phi) is 5.12. The van der Waals surface area contributed by atoms with Gasteiger partial charge in [0, 0.05) is 18.4 Å². The topological polar surface area (TPSA) is 63.1 Å². The van der Waals surface area contributed by atoms with Gasteiger partial charge in [0.15, 0.2) is 0 Å². The summed E-state index contributed by atoms with van der Waals surface area (Å²) in [5.41, 5.74) is 4.17. The summed E-state index contributed by atoms with van der Waals surface area (Å²) in [6.07, 6.45) is 7.24. The molecule has 27 heavy (non-hydrogen) atoms. The smallest absolute Gasteiger partial charge is 0.263 e. The zero-order chi connectivity index (χ0) is 18.8. The Balaban J connectivity index is 1.59. The number of fused-ring (bicyclic) bond motifs is 1. The van der Waals surface area contributed by atoms with Gasteiger partial charge in [0.05, 0.1) is 0 Å². The lowest BCUT2D eigenvalue weighted by Crippen LogP contribution is -2.36. The van der Waals surface area contributed by atoms with E-state index in [0.29, 0.717) is 12.5 Å². The van der Waals surface area contributed by atoms with Gasteiger partial charge >= 0.3 is 0 Å². The molecule has 2 aliphatic rings. The van der Waals surface area contributed by atoms with Crippen LogP contribution in [0.15, 0.2) is 35.3 Å². The van der Waals surface area contributed by atoms with Gasteiger partial charge < -0.3 is 15.2 Å². The van der Waals surface area contributed by atoms with Crippen LogP contribution in [0.1, 0.15) is 46.3 Å². The first kappa shape index (κ1) is 18.0. The highest BCUT2D eigenvalue weighted by Crippen LogP contribution is 2.29. The first-order valence-corrected chi connectivity index (χ1v) is 9.96. The number of benzene rings is 1. The van der Waals surface area contributed by atoms with Crippen molar-refractivity contribution in [3.05, 3.63) is 63.1 Å². The van der Waals surface area contributed by atoms with Crippen molar-refractivity contribution in [2.45, 2.75) is 45.6 Å². The zero-order valence-corrected chi connectivity index (χ0v) is 15.9. The summed E-state index contributed by atoms with van der Waals surface area (Å²) in [5.74, 6) is 0.140. The molecule has 1 aliphatic carbocycles. The Hall–Kier alpha value is -2.40. The molecule has 1 saturated heterocycles. The SMILES string of the molecule is Cc1ccn(CC2CCCNC2)c(=O)c1C(=O)Nc1cccc2c1CCC2. The fraction of sp³-hybridized carbons (Fsp3) is 0.455. The van der Waals surface area contributed by atoms with E-state index in [9.17, 15) is 9.59 Å². The van der Waals surface area contributed by atoms with Crippen LogP contribution in [0.5, 0.6) is 0 Å². The van der Waals surface area contributed by atoms with E-state index in [4.69, 9.17) is 0 Å². The maximum atomic E-state index is 13.0. The number of carbonyl (C=O) groups excluding carboxylic acids is 1. The van der Waals surface area contributed by atoms with E-state index in [1.54, 1.807) is 4.57 Å². The van der Waals surface area contributed by atoms with Crippen LogP contribution in [0.2, 0.25) is 0 Å². The van der Waals surface area contributed by atoms with Crippen molar-refractivity contribution in [1.29, 1.82) is 0 Å². The third-order valence-electron chi connectivity index (χ3n) is 5.85. The van der Waals surface area contributed by atoms with Crippen LogP contribution in [-0.4, -0.2) is 23.6 Å². The van der Waals surface area contributed by atoms with Gasteiger partial charge in [0.25, 0.3) is 11.5 Å². The van der Waals surface area contributed by atoms with E-state index in [0.717, 1.165) is 56.4 Å². The van der Waals surface area contributed by atoms with E-state index < -0.39 is 0 Å². The lowest BCUT2D eigenvalue weighted by Gasteiger charge is -2.23. The highest BCUT2D eigenvalue weighted by molar-refractivity contribution is 6.05. The highest BCUT2D eigenvalue weighted by atomic mass is 16.2. The quantitative estimate of drug-likeness (QED) is 0.876. The third-order valence-corrected chi connectivity index (χ3v) is 5.85. The highest BCUT2D eigenvalue weighted by Gasteiger charge is 2.21. The number of amides is 1. The van der Waals surface area contributed by atoms with Gasteiger partial charge in [0.1, 0.15) is 5.56 Å². The predicted octanol–water partition coefficient (Wildman–Crippen LogP) is 2.90. The largest absolute Gasteiger partial charge is 0.322 e. The van der Waals surface area contributed by atoms with Crippen LogP contribution in [0.3, 0.4) is 0 Å². The molecule has 2 aromatic rings. The van der Waals surface area contributed by atoms with Crippen molar-refractivity contribution in [2.24, 2.45) is 5.92 Å². The summed E-state index contributed by atoms with van der Waals surface area (Å²) in [4.78, 5) is 26.0. The summed E-state index contributed by atoms with van der Waals surface area (Å²) in [7, 11) is 0. The van der Waals surface area contributed by atoms with Crippen molar-refractivity contribution in [1.82, 2.24) is 9.88 Å². The van der Waals surface area contributed by atoms with Crippen molar-refractivity contribution >= 4 is 11.6 Å². The molecule has 5 nitrogen and oxygen atoms in total. The average molecular weight is 365 g/mol. The Morgan fingerprint density at radius 3 is 2.96 bits per heavy atom. The summed E-state index contributed by atoms with van der Waals surface area (Å²) in [6, 6.07) is 7.91. The monoisotopic (exact) mass is 365 g/mol. The Morgan fingerprint density at radius 2 is 2.15 bits per heavy atom. The molecule has 1 aromatic carbocycles. The van der Waals surface area contributed by atoms with E-state index in [-0.39, 0.29) is 17.0 Å². The van der Waals surface area contributed by atoms with Gasteiger partial charge in [-0.2, -0.15) is 0 Å². The van der Waals surface area contributed by atoms with Crippen LogP contribution in [-0.2, 0) is 19.4 Å². The molecule has 142 valence electrons. The first-order valence-electron chi connectivity index (χ1n) is 9.96. The van der Waals surface area contributed by atoms with Gasteiger partial charge in [-0.05, 0) is 86.9 Å². The maximum absolute atomic E-state index is 13.0. The minimum Gasteiger partial charge on any atom is -0.322 e. The first-order chi connectivity index (χ1) is 13.1. The van der Waals surface area contributed by atoms with Crippen molar-refractivity contribution in [3.63, 3.8) is 0 Å². The molecule has 1 aliphatic heterocycles. The molecule has 1 fully saturated rings. The second kappa shape index (κ2) is 7.69. The average Bonchev–Trinajstić information content (AvgIpc) is 3.15.